The molecule has 0 spiro atoms. The highest BCUT2D eigenvalue weighted by Crippen LogP contribution is 2.37. The molecule has 0 saturated heterocycles. The molecule has 5 nitrogen and oxygen atoms in total. The van der Waals surface area contributed by atoms with Gasteiger partial charge in [0.2, 0.25) is 0 Å². The van der Waals surface area contributed by atoms with Gasteiger partial charge < -0.3 is 15.1 Å². The molecular weight excluding hydrogens is 288 g/mol. The normalized spacial score (nSPS) is 15.1. The van der Waals surface area contributed by atoms with E-state index in [0.29, 0.717) is 18.3 Å². The summed E-state index contributed by atoms with van der Waals surface area (Å²) in [6.45, 7) is 0.639. The lowest BCUT2D eigenvalue weighted by Gasteiger charge is -2.25. The SMILES string of the molecule is CS(=O)(=O)c1ccc(N(Cc2ccco2)C2CC2)c(N)c1. The fourth-order valence-electron chi connectivity index (χ4n) is 2.39. The number of hydrogen-bond donors (Lipinski definition) is 1. The molecule has 1 aromatic heterocycles. The minimum Gasteiger partial charge on any atom is -0.467 e. The van der Waals surface area contributed by atoms with Crippen LogP contribution in [-0.2, 0) is 16.4 Å². The van der Waals surface area contributed by atoms with Gasteiger partial charge in [-0.2, -0.15) is 0 Å². The summed E-state index contributed by atoms with van der Waals surface area (Å²) in [5.74, 6) is 0.869. The summed E-state index contributed by atoms with van der Waals surface area (Å²) in [5, 5.41) is 0. The van der Waals surface area contributed by atoms with Crippen molar-refractivity contribution >= 4 is 21.2 Å². The molecule has 0 bridgehead atoms. The third kappa shape index (κ3) is 3.05. The van der Waals surface area contributed by atoms with Crippen LogP contribution in [0.4, 0.5) is 11.4 Å². The molecule has 2 N–H and O–H groups in total. The van der Waals surface area contributed by atoms with Gasteiger partial charge in [-0.3, -0.25) is 0 Å². The van der Waals surface area contributed by atoms with E-state index in [1.807, 2.05) is 12.1 Å². The lowest BCUT2D eigenvalue weighted by atomic mass is 10.2. The van der Waals surface area contributed by atoms with Crippen molar-refractivity contribution < 1.29 is 12.8 Å². The molecule has 0 atom stereocenters. The van der Waals surface area contributed by atoms with Gasteiger partial charge in [-0.15, -0.1) is 0 Å². The number of furan rings is 1. The molecule has 1 aromatic carbocycles. The van der Waals surface area contributed by atoms with E-state index < -0.39 is 9.84 Å². The maximum absolute atomic E-state index is 11.6. The molecule has 0 amide bonds. The first-order valence-corrected chi connectivity index (χ1v) is 8.73. The second-order valence-corrected chi connectivity index (χ2v) is 7.45. The predicted octanol–water partition coefficient (Wildman–Crippen LogP) is 2.43. The Balaban J connectivity index is 1.93. The average Bonchev–Trinajstić information content (AvgIpc) is 3.13. The summed E-state index contributed by atoms with van der Waals surface area (Å²) < 4.78 is 28.6. The first-order valence-electron chi connectivity index (χ1n) is 6.84. The number of sulfone groups is 1. The smallest absolute Gasteiger partial charge is 0.175 e. The summed E-state index contributed by atoms with van der Waals surface area (Å²) in [5.41, 5.74) is 7.42. The summed E-state index contributed by atoms with van der Waals surface area (Å²) in [6, 6.07) is 9.15. The Bertz CT molecular complexity index is 734. The standard InChI is InChI=1S/C15H18N2O3S/c1-21(18,19)13-6-7-15(14(16)9-13)17(11-4-5-11)10-12-3-2-8-20-12/h2-3,6-9,11H,4-5,10,16H2,1H3. The van der Waals surface area contributed by atoms with Crippen LogP contribution in [0.15, 0.2) is 45.9 Å². The van der Waals surface area contributed by atoms with Gasteiger partial charge >= 0.3 is 0 Å². The monoisotopic (exact) mass is 306 g/mol. The predicted molar refractivity (Wildman–Crippen MR) is 81.9 cm³/mol. The second-order valence-electron chi connectivity index (χ2n) is 5.43. The Hall–Kier alpha value is -1.95. The van der Waals surface area contributed by atoms with Crippen LogP contribution in [-0.4, -0.2) is 20.7 Å². The van der Waals surface area contributed by atoms with E-state index in [2.05, 4.69) is 4.90 Å². The average molecular weight is 306 g/mol. The molecule has 6 heteroatoms. The van der Waals surface area contributed by atoms with Gasteiger partial charge in [0.05, 0.1) is 29.1 Å². The fraction of sp³-hybridized carbons (Fsp3) is 0.333. The van der Waals surface area contributed by atoms with Crippen molar-refractivity contribution in [2.75, 3.05) is 16.9 Å². The van der Waals surface area contributed by atoms with Crippen molar-refractivity contribution in [2.24, 2.45) is 0 Å². The van der Waals surface area contributed by atoms with Crippen LogP contribution in [0.3, 0.4) is 0 Å². The maximum atomic E-state index is 11.6. The number of benzene rings is 1. The Morgan fingerprint density at radius 2 is 2.10 bits per heavy atom. The largest absolute Gasteiger partial charge is 0.467 e. The molecule has 2 aromatic rings. The van der Waals surface area contributed by atoms with Crippen LogP contribution >= 0.6 is 0 Å². The van der Waals surface area contributed by atoms with Crippen LogP contribution in [0, 0.1) is 0 Å². The molecule has 0 radical (unpaired) electrons. The second kappa shape index (κ2) is 5.11. The quantitative estimate of drug-likeness (QED) is 0.859. The molecule has 1 fully saturated rings. The summed E-state index contributed by atoms with van der Waals surface area (Å²) >= 11 is 0. The third-order valence-corrected chi connectivity index (χ3v) is 4.74. The Morgan fingerprint density at radius 1 is 1.33 bits per heavy atom. The molecule has 112 valence electrons. The van der Waals surface area contributed by atoms with Crippen LogP contribution in [0.25, 0.3) is 0 Å². The Kier molecular flexibility index (Phi) is 3.41. The van der Waals surface area contributed by atoms with Gasteiger partial charge in [0.1, 0.15) is 5.76 Å². The minimum atomic E-state index is -3.24. The fourth-order valence-corrected chi connectivity index (χ4v) is 3.05. The zero-order chi connectivity index (χ0) is 15.0. The highest BCUT2D eigenvalue weighted by molar-refractivity contribution is 7.90. The highest BCUT2D eigenvalue weighted by Gasteiger charge is 2.31. The van der Waals surface area contributed by atoms with E-state index in [4.69, 9.17) is 10.2 Å². The van der Waals surface area contributed by atoms with Gasteiger partial charge in [0, 0.05) is 12.3 Å². The number of nitrogen functional groups attached to an aromatic ring is 1. The third-order valence-electron chi connectivity index (χ3n) is 3.63. The molecule has 1 heterocycles. The molecule has 0 aliphatic heterocycles. The zero-order valence-corrected chi connectivity index (χ0v) is 12.6. The van der Waals surface area contributed by atoms with E-state index in [1.165, 1.54) is 12.3 Å². The van der Waals surface area contributed by atoms with E-state index >= 15 is 0 Å². The number of hydrogen-bond acceptors (Lipinski definition) is 5. The molecule has 21 heavy (non-hydrogen) atoms. The molecule has 0 unspecified atom stereocenters. The van der Waals surface area contributed by atoms with Gasteiger partial charge in [-0.25, -0.2) is 8.42 Å². The van der Waals surface area contributed by atoms with Crippen molar-refractivity contribution in [3.05, 3.63) is 42.4 Å². The molecule has 1 aliphatic rings. The molecule has 1 saturated carbocycles. The van der Waals surface area contributed by atoms with Crippen molar-refractivity contribution in [3.63, 3.8) is 0 Å². The van der Waals surface area contributed by atoms with Gasteiger partial charge in [0.25, 0.3) is 0 Å². The van der Waals surface area contributed by atoms with Crippen LogP contribution in [0.1, 0.15) is 18.6 Å². The summed E-state index contributed by atoms with van der Waals surface area (Å²) in [4.78, 5) is 2.43. The van der Waals surface area contributed by atoms with E-state index in [0.717, 1.165) is 24.3 Å². The molecule has 1 aliphatic carbocycles. The van der Waals surface area contributed by atoms with Crippen molar-refractivity contribution in [2.45, 2.75) is 30.3 Å². The van der Waals surface area contributed by atoms with Crippen LogP contribution < -0.4 is 10.6 Å². The number of anilines is 2. The van der Waals surface area contributed by atoms with Gasteiger partial charge in [0.15, 0.2) is 9.84 Å². The van der Waals surface area contributed by atoms with Gasteiger partial charge in [-0.05, 0) is 43.2 Å². The first kappa shape index (κ1) is 14.0. The Labute approximate surface area is 124 Å². The number of rotatable bonds is 5. The van der Waals surface area contributed by atoms with Crippen molar-refractivity contribution in [1.29, 1.82) is 0 Å². The van der Waals surface area contributed by atoms with E-state index in [-0.39, 0.29) is 4.90 Å². The topological polar surface area (TPSA) is 76.5 Å². The first-order chi connectivity index (χ1) is 9.95. The highest BCUT2D eigenvalue weighted by atomic mass is 32.2. The minimum absolute atomic E-state index is 0.248. The lowest BCUT2D eigenvalue weighted by Crippen LogP contribution is -2.25. The Morgan fingerprint density at radius 3 is 2.62 bits per heavy atom. The molecule has 3 rings (SSSR count). The van der Waals surface area contributed by atoms with E-state index in [1.54, 1.807) is 18.4 Å². The van der Waals surface area contributed by atoms with Gasteiger partial charge in [-0.1, -0.05) is 0 Å². The molecular formula is C15H18N2O3S. The lowest BCUT2D eigenvalue weighted by molar-refractivity contribution is 0.501. The maximum Gasteiger partial charge on any atom is 0.175 e. The number of nitrogens with two attached hydrogens (primary N) is 1. The van der Waals surface area contributed by atoms with Crippen LogP contribution in [0.5, 0.6) is 0 Å². The van der Waals surface area contributed by atoms with Crippen LogP contribution in [0.2, 0.25) is 0 Å². The number of nitrogens with zero attached hydrogens (tertiary/aromatic N) is 1. The van der Waals surface area contributed by atoms with Crippen molar-refractivity contribution in [1.82, 2.24) is 0 Å². The van der Waals surface area contributed by atoms with E-state index in [9.17, 15) is 8.42 Å². The zero-order valence-electron chi connectivity index (χ0n) is 11.8. The summed E-state index contributed by atoms with van der Waals surface area (Å²) in [6.07, 6.45) is 5.07. The van der Waals surface area contributed by atoms with Crippen molar-refractivity contribution in [3.8, 4) is 0 Å². The summed E-state index contributed by atoms with van der Waals surface area (Å²) in [7, 11) is -3.24.